The maximum Gasteiger partial charge on any atom is 0.260 e. The lowest BCUT2D eigenvalue weighted by Crippen LogP contribution is -2.36. The Bertz CT molecular complexity index is 957. The molecule has 0 fully saturated rings. The van der Waals surface area contributed by atoms with Crippen molar-refractivity contribution in [2.45, 2.75) is 0 Å². The molecule has 0 aliphatic carbocycles. The molecule has 3 rings (SSSR count). The molecular weight excluding hydrogens is 372 g/mol. The fourth-order valence-electron chi connectivity index (χ4n) is 2.53. The fourth-order valence-corrected chi connectivity index (χ4v) is 3.56. The van der Waals surface area contributed by atoms with Crippen LogP contribution < -0.4 is 9.64 Å². The number of hydrogen-bond acceptors (Lipinski definition) is 5. The Morgan fingerprint density at radius 3 is 2.48 bits per heavy atom. The highest BCUT2D eigenvalue weighted by Gasteiger charge is 2.22. The second kappa shape index (κ2) is 7.98. The number of ether oxygens (including phenoxy) is 1. The number of amides is 1. The minimum absolute atomic E-state index is 0.0637. The summed E-state index contributed by atoms with van der Waals surface area (Å²) in [5.41, 5.74) is 0.522. The zero-order valence-electron chi connectivity index (χ0n) is 15.2. The van der Waals surface area contributed by atoms with E-state index in [1.54, 1.807) is 31.4 Å². The van der Waals surface area contributed by atoms with Crippen LogP contribution in [0.1, 0.15) is 10.4 Å². The molecule has 0 radical (unpaired) electrons. The van der Waals surface area contributed by atoms with Crippen molar-refractivity contribution in [2.24, 2.45) is 0 Å². The summed E-state index contributed by atoms with van der Waals surface area (Å²) in [4.78, 5) is 20.7. The zero-order chi connectivity index (χ0) is 19.6. The number of fused-ring (bicyclic) bond motifs is 1. The highest BCUT2D eigenvalue weighted by molar-refractivity contribution is 7.22. The van der Waals surface area contributed by atoms with E-state index in [0.29, 0.717) is 34.2 Å². The van der Waals surface area contributed by atoms with E-state index in [9.17, 15) is 13.6 Å². The summed E-state index contributed by atoms with van der Waals surface area (Å²) in [6, 6.07) is 8.74. The number of halogens is 2. The first-order valence-electron chi connectivity index (χ1n) is 8.25. The fraction of sp³-hybridized carbons (Fsp3) is 0.263. The molecule has 0 N–H and O–H groups in total. The van der Waals surface area contributed by atoms with Crippen LogP contribution in [0.3, 0.4) is 0 Å². The molecule has 0 bridgehead atoms. The normalized spacial score (nSPS) is 11.2. The smallest absolute Gasteiger partial charge is 0.260 e. The second-order valence-corrected chi connectivity index (χ2v) is 7.23. The highest BCUT2D eigenvalue weighted by atomic mass is 32.1. The van der Waals surface area contributed by atoms with E-state index < -0.39 is 11.6 Å². The average molecular weight is 391 g/mol. The molecule has 0 saturated carbocycles. The molecule has 27 heavy (non-hydrogen) atoms. The number of thiazole rings is 1. The van der Waals surface area contributed by atoms with Gasteiger partial charge in [-0.25, -0.2) is 13.8 Å². The van der Waals surface area contributed by atoms with Gasteiger partial charge in [0.2, 0.25) is 0 Å². The van der Waals surface area contributed by atoms with Crippen molar-refractivity contribution in [1.29, 1.82) is 0 Å². The standard InChI is InChI=1S/C19H19F2N3O2S/c1-23(2)8-9-24(18(25)12-4-6-14(26-3)7-5-12)19-22-17-15(21)10-13(20)11-16(17)27-19/h4-7,10-11H,8-9H2,1-3H3. The number of likely N-dealkylation sites (N-methyl/N-ethyl adjacent to an activating group) is 1. The average Bonchev–Trinajstić information content (AvgIpc) is 3.05. The summed E-state index contributed by atoms with van der Waals surface area (Å²) in [7, 11) is 5.34. The van der Waals surface area contributed by atoms with E-state index in [4.69, 9.17) is 4.74 Å². The molecule has 0 saturated heterocycles. The van der Waals surface area contributed by atoms with Crippen molar-refractivity contribution in [2.75, 3.05) is 39.2 Å². The number of nitrogens with zero attached hydrogens (tertiary/aromatic N) is 3. The highest BCUT2D eigenvalue weighted by Crippen LogP contribution is 2.32. The third kappa shape index (κ3) is 4.23. The van der Waals surface area contributed by atoms with E-state index in [-0.39, 0.29) is 11.4 Å². The van der Waals surface area contributed by atoms with Gasteiger partial charge in [0.25, 0.3) is 5.91 Å². The van der Waals surface area contributed by atoms with Crippen LogP contribution in [-0.4, -0.2) is 50.1 Å². The van der Waals surface area contributed by atoms with Gasteiger partial charge in [-0.15, -0.1) is 0 Å². The minimum atomic E-state index is -0.739. The summed E-state index contributed by atoms with van der Waals surface area (Å²) < 4.78 is 33.0. The Morgan fingerprint density at radius 2 is 1.85 bits per heavy atom. The van der Waals surface area contributed by atoms with Crippen LogP contribution in [0.15, 0.2) is 36.4 Å². The molecule has 8 heteroatoms. The quantitative estimate of drug-likeness (QED) is 0.641. The number of anilines is 1. The summed E-state index contributed by atoms with van der Waals surface area (Å²) in [5, 5.41) is 0.331. The van der Waals surface area contributed by atoms with E-state index in [0.717, 1.165) is 17.4 Å². The van der Waals surface area contributed by atoms with E-state index >= 15 is 0 Å². The van der Waals surface area contributed by atoms with Crippen LogP contribution in [0, 0.1) is 11.6 Å². The van der Waals surface area contributed by atoms with Crippen LogP contribution in [0.4, 0.5) is 13.9 Å². The molecule has 0 aliphatic heterocycles. The Hall–Kier alpha value is -2.58. The SMILES string of the molecule is COc1ccc(C(=O)N(CCN(C)C)c2nc3c(F)cc(F)cc3s2)cc1. The van der Waals surface area contributed by atoms with Gasteiger partial charge >= 0.3 is 0 Å². The Labute approximate surface area is 159 Å². The number of aromatic nitrogens is 1. The van der Waals surface area contributed by atoms with E-state index in [2.05, 4.69) is 4.98 Å². The minimum Gasteiger partial charge on any atom is -0.497 e. The number of benzene rings is 2. The zero-order valence-corrected chi connectivity index (χ0v) is 16.0. The number of methoxy groups -OCH3 is 1. The van der Waals surface area contributed by atoms with Crippen molar-refractivity contribution >= 4 is 32.6 Å². The molecule has 0 unspecified atom stereocenters. The summed E-state index contributed by atoms with van der Waals surface area (Å²) in [5.74, 6) is -1.03. The predicted molar refractivity (Wildman–Crippen MR) is 103 cm³/mol. The maximum atomic E-state index is 14.0. The predicted octanol–water partition coefficient (Wildman–Crippen LogP) is 3.79. The molecule has 0 spiro atoms. The van der Waals surface area contributed by atoms with Crippen molar-refractivity contribution in [3.63, 3.8) is 0 Å². The number of carbonyl (C=O) groups is 1. The molecule has 5 nitrogen and oxygen atoms in total. The number of carbonyl (C=O) groups excluding carboxylic acids is 1. The molecule has 1 aromatic heterocycles. The van der Waals surface area contributed by atoms with Gasteiger partial charge in [0, 0.05) is 24.7 Å². The van der Waals surface area contributed by atoms with Gasteiger partial charge in [0.1, 0.15) is 17.1 Å². The Morgan fingerprint density at radius 1 is 1.15 bits per heavy atom. The monoisotopic (exact) mass is 391 g/mol. The van der Waals surface area contributed by atoms with E-state index in [1.807, 2.05) is 19.0 Å². The summed E-state index contributed by atoms with van der Waals surface area (Å²) in [6.45, 7) is 0.955. The molecular formula is C19H19F2N3O2S. The molecule has 2 aromatic carbocycles. The molecule has 1 amide bonds. The third-order valence-corrected chi connectivity index (χ3v) is 5.01. The van der Waals surface area contributed by atoms with Crippen molar-refractivity contribution in [1.82, 2.24) is 9.88 Å². The molecule has 3 aromatic rings. The Balaban J connectivity index is 1.99. The lowest BCUT2D eigenvalue weighted by molar-refractivity contribution is 0.0985. The van der Waals surface area contributed by atoms with Gasteiger partial charge in [-0.2, -0.15) is 0 Å². The van der Waals surface area contributed by atoms with Crippen molar-refractivity contribution < 1.29 is 18.3 Å². The van der Waals surface area contributed by atoms with E-state index in [1.165, 1.54) is 11.0 Å². The lowest BCUT2D eigenvalue weighted by Gasteiger charge is -2.22. The molecule has 0 atom stereocenters. The summed E-state index contributed by atoms with van der Waals surface area (Å²) >= 11 is 1.09. The van der Waals surface area contributed by atoms with Crippen LogP contribution in [0.5, 0.6) is 5.75 Å². The largest absolute Gasteiger partial charge is 0.497 e. The third-order valence-electron chi connectivity index (χ3n) is 3.99. The van der Waals surface area contributed by atoms with Gasteiger partial charge in [-0.1, -0.05) is 11.3 Å². The first-order valence-corrected chi connectivity index (χ1v) is 9.07. The lowest BCUT2D eigenvalue weighted by atomic mass is 10.2. The van der Waals surface area contributed by atoms with Crippen LogP contribution >= 0.6 is 11.3 Å². The number of rotatable bonds is 6. The topological polar surface area (TPSA) is 45.7 Å². The number of hydrogen-bond donors (Lipinski definition) is 0. The van der Waals surface area contributed by atoms with Crippen molar-refractivity contribution in [3.8, 4) is 5.75 Å². The van der Waals surface area contributed by atoms with Crippen molar-refractivity contribution in [3.05, 3.63) is 53.6 Å². The van der Waals surface area contributed by atoms with Gasteiger partial charge in [-0.05, 0) is 44.4 Å². The van der Waals surface area contributed by atoms with Gasteiger partial charge < -0.3 is 9.64 Å². The van der Waals surface area contributed by atoms with Gasteiger partial charge in [0.15, 0.2) is 10.9 Å². The van der Waals surface area contributed by atoms with Crippen LogP contribution in [0.25, 0.3) is 10.2 Å². The van der Waals surface area contributed by atoms with Crippen LogP contribution in [0.2, 0.25) is 0 Å². The van der Waals surface area contributed by atoms with Gasteiger partial charge in [-0.3, -0.25) is 9.69 Å². The Kier molecular flexibility index (Phi) is 5.67. The first-order chi connectivity index (χ1) is 12.9. The van der Waals surface area contributed by atoms with Crippen LogP contribution in [-0.2, 0) is 0 Å². The molecule has 1 heterocycles. The molecule has 0 aliphatic rings. The summed E-state index contributed by atoms with van der Waals surface area (Å²) in [6.07, 6.45) is 0. The first kappa shape index (κ1) is 19.2. The maximum absolute atomic E-state index is 14.0. The van der Waals surface area contributed by atoms with Gasteiger partial charge in [0.05, 0.1) is 11.8 Å². The molecule has 142 valence electrons. The second-order valence-electron chi connectivity index (χ2n) is 6.22.